The van der Waals surface area contributed by atoms with E-state index >= 15 is 0 Å². The Morgan fingerprint density at radius 2 is 1.97 bits per heavy atom. The van der Waals surface area contributed by atoms with Crippen LogP contribution in [0.4, 0.5) is 4.79 Å². The van der Waals surface area contributed by atoms with Gasteiger partial charge < -0.3 is 18.9 Å². The Balaban J connectivity index is 1.78. The summed E-state index contributed by atoms with van der Waals surface area (Å²) in [6.45, 7) is 10.4. The average molecular weight is 417 g/mol. The maximum Gasteiger partial charge on any atom is 0.410 e. The molecule has 0 saturated carbocycles. The third kappa shape index (κ3) is 5.79. The van der Waals surface area contributed by atoms with E-state index in [9.17, 15) is 4.79 Å². The number of piperazine rings is 1. The van der Waals surface area contributed by atoms with Crippen LogP contribution in [0.25, 0.3) is 0 Å². The van der Waals surface area contributed by atoms with Gasteiger partial charge in [0.05, 0.1) is 12.6 Å². The number of aryl methyl sites for hydroxylation is 1. The van der Waals surface area contributed by atoms with Gasteiger partial charge in [-0.2, -0.15) is 4.98 Å². The zero-order chi connectivity index (χ0) is 21.7. The molecule has 1 saturated heterocycles. The molecule has 0 spiro atoms. The molecule has 0 unspecified atom stereocenters. The monoisotopic (exact) mass is 416 g/mol. The molecule has 1 aliphatic heterocycles. The fraction of sp³-hybridized carbons (Fsp3) is 0.591. The van der Waals surface area contributed by atoms with E-state index in [0.717, 1.165) is 12.0 Å². The molecule has 0 aliphatic carbocycles. The zero-order valence-corrected chi connectivity index (χ0v) is 18.6. The van der Waals surface area contributed by atoms with Crippen molar-refractivity contribution >= 4 is 6.09 Å². The summed E-state index contributed by atoms with van der Waals surface area (Å²) in [7, 11) is 1.60. The lowest BCUT2D eigenvalue weighted by Crippen LogP contribution is -2.51. The van der Waals surface area contributed by atoms with Gasteiger partial charge in [-0.3, -0.25) is 4.90 Å². The van der Waals surface area contributed by atoms with Gasteiger partial charge in [-0.05, 0) is 38.3 Å². The molecule has 30 heavy (non-hydrogen) atoms. The van der Waals surface area contributed by atoms with Crippen LogP contribution in [0.3, 0.4) is 0 Å². The summed E-state index contributed by atoms with van der Waals surface area (Å²) in [5, 5.41) is 3.95. The molecule has 1 amide bonds. The van der Waals surface area contributed by atoms with Crippen molar-refractivity contribution in [2.45, 2.75) is 58.9 Å². The maximum absolute atomic E-state index is 12.7. The lowest BCUT2D eigenvalue weighted by Gasteiger charge is -2.41. The van der Waals surface area contributed by atoms with Crippen molar-refractivity contribution in [2.75, 3.05) is 26.7 Å². The average Bonchev–Trinajstić information content (AvgIpc) is 3.14. The highest BCUT2D eigenvalue weighted by Crippen LogP contribution is 2.28. The lowest BCUT2D eigenvalue weighted by atomic mass is 10.00. The number of amides is 1. The normalized spacial score (nSPS) is 17.9. The Kier molecular flexibility index (Phi) is 7.10. The van der Waals surface area contributed by atoms with E-state index < -0.39 is 5.60 Å². The highest BCUT2D eigenvalue weighted by Gasteiger charge is 2.33. The van der Waals surface area contributed by atoms with Gasteiger partial charge in [0.15, 0.2) is 5.82 Å². The molecule has 3 rings (SSSR count). The van der Waals surface area contributed by atoms with E-state index in [-0.39, 0.29) is 12.1 Å². The Bertz CT molecular complexity index is 828. The number of hydrogen-bond acceptors (Lipinski definition) is 7. The van der Waals surface area contributed by atoms with Gasteiger partial charge in [0.1, 0.15) is 12.2 Å². The van der Waals surface area contributed by atoms with Gasteiger partial charge >= 0.3 is 6.09 Å². The number of carbonyl (C=O) groups excluding carboxylic acids is 1. The first-order valence-corrected chi connectivity index (χ1v) is 10.4. The molecule has 1 aliphatic rings. The summed E-state index contributed by atoms with van der Waals surface area (Å²) in [5.74, 6) is 1.08. The molecular formula is C22H32N4O4. The molecule has 164 valence electrons. The molecule has 8 nitrogen and oxygen atoms in total. The number of carbonyl (C=O) groups is 1. The van der Waals surface area contributed by atoms with Crippen molar-refractivity contribution in [3.05, 3.63) is 47.1 Å². The SMILES string of the molecule is CCc1ccc([C@H]2CN(C(=O)OC(C)(C)C)CCN2Cc2nc(COC)no2)cc1. The molecule has 1 fully saturated rings. The van der Waals surface area contributed by atoms with Crippen LogP contribution in [-0.4, -0.2) is 58.4 Å². The lowest BCUT2D eigenvalue weighted by molar-refractivity contribution is 0.000513. The topological polar surface area (TPSA) is 80.9 Å². The minimum absolute atomic E-state index is 0.00921. The minimum atomic E-state index is -0.520. The van der Waals surface area contributed by atoms with E-state index in [0.29, 0.717) is 44.5 Å². The Morgan fingerprint density at radius 3 is 2.60 bits per heavy atom. The van der Waals surface area contributed by atoms with Crippen LogP contribution in [0.15, 0.2) is 28.8 Å². The molecule has 8 heteroatoms. The molecule has 2 heterocycles. The standard InChI is InChI=1S/C22H32N4O4/c1-6-16-7-9-17(10-8-16)18-13-26(21(27)29-22(2,3)4)12-11-25(18)14-20-23-19(15-28-5)24-30-20/h7-10,18H,6,11-15H2,1-5H3/t18-/m1/s1. The van der Waals surface area contributed by atoms with Crippen LogP contribution in [0, 0.1) is 0 Å². The maximum atomic E-state index is 12.7. The van der Waals surface area contributed by atoms with Crippen LogP contribution in [0.1, 0.15) is 56.6 Å². The number of ether oxygens (including phenoxy) is 2. The van der Waals surface area contributed by atoms with Gasteiger partial charge in [0, 0.05) is 26.7 Å². The minimum Gasteiger partial charge on any atom is -0.444 e. The predicted molar refractivity (Wildman–Crippen MR) is 112 cm³/mol. The second-order valence-electron chi connectivity index (χ2n) is 8.55. The highest BCUT2D eigenvalue weighted by molar-refractivity contribution is 5.68. The third-order valence-corrected chi connectivity index (χ3v) is 5.04. The largest absolute Gasteiger partial charge is 0.444 e. The molecule has 0 N–H and O–H groups in total. The van der Waals surface area contributed by atoms with Gasteiger partial charge in [0.25, 0.3) is 0 Å². The van der Waals surface area contributed by atoms with Crippen LogP contribution < -0.4 is 0 Å². The fourth-order valence-electron chi connectivity index (χ4n) is 3.51. The molecule has 1 aromatic carbocycles. The first-order valence-electron chi connectivity index (χ1n) is 10.4. The third-order valence-electron chi connectivity index (χ3n) is 5.04. The van der Waals surface area contributed by atoms with Crippen LogP contribution in [-0.2, 0) is 29.0 Å². The second-order valence-corrected chi connectivity index (χ2v) is 8.55. The first kappa shape index (κ1) is 22.2. The van der Waals surface area contributed by atoms with Crippen molar-refractivity contribution in [3.8, 4) is 0 Å². The van der Waals surface area contributed by atoms with Gasteiger partial charge in [-0.1, -0.05) is 36.3 Å². The molecule has 0 bridgehead atoms. The van der Waals surface area contributed by atoms with Crippen LogP contribution in [0.2, 0.25) is 0 Å². The fourth-order valence-corrected chi connectivity index (χ4v) is 3.51. The number of benzene rings is 1. The summed E-state index contributed by atoms with van der Waals surface area (Å²) in [6, 6.07) is 8.57. The number of rotatable bonds is 6. The van der Waals surface area contributed by atoms with Gasteiger partial charge in [-0.15, -0.1) is 0 Å². The molecule has 1 atom stereocenters. The molecule has 2 aromatic rings. The summed E-state index contributed by atoms with van der Waals surface area (Å²) in [5.41, 5.74) is 1.91. The van der Waals surface area contributed by atoms with Crippen LogP contribution in [0.5, 0.6) is 0 Å². The summed E-state index contributed by atoms with van der Waals surface area (Å²) < 4.78 is 16.1. The van der Waals surface area contributed by atoms with E-state index in [4.69, 9.17) is 14.0 Å². The van der Waals surface area contributed by atoms with Gasteiger partial charge in [-0.25, -0.2) is 4.79 Å². The van der Waals surface area contributed by atoms with Crippen molar-refractivity contribution in [2.24, 2.45) is 0 Å². The summed E-state index contributed by atoms with van der Waals surface area (Å²) in [4.78, 5) is 21.1. The molecule has 0 radical (unpaired) electrons. The molecule has 1 aromatic heterocycles. The van der Waals surface area contributed by atoms with Crippen molar-refractivity contribution in [1.29, 1.82) is 0 Å². The molecular weight excluding hydrogens is 384 g/mol. The zero-order valence-electron chi connectivity index (χ0n) is 18.6. The summed E-state index contributed by atoms with van der Waals surface area (Å²) >= 11 is 0. The number of methoxy groups -OCH3 is 1. The quantitative estimate of drug-likeness (QED) is 0.712. The first-order chi connectivity index (χ1) is 14.3. The second kappa shape index (κ2) is 9.57. The summed E-state index contributed by atoms with van der Waals surface area (Å²) in [6.07, 6.45) is 0.709. The van der Waals surface area contributed by atoms with Crippen molar-refractivity contribution in [1.82, 2.24) is 19.9 Å². The highest BCUT2D eigenvalue weighted by atomic mass is 16.6. The van der Waals surface area contributed by atoms with Crippen molar-refractivity contribution in [3.63, 3.8) is 0 Å². The van der Waals surface area contributed by atoms with E-state index in [1.54, 1.807) is 12.0 Å². The van der Waals surface area contributed by atoms with Gasteiger partial charge in [0.2, 0.25) is 5.89 Å². The van der Waals surface area contributed by atoms with E-state index in [2.05, 4.69) is 46.2 Å². The smallest absolute Gasteiger partial charge is 0.410 e. The van der Waals surface area contributed by atoms with Crippen molar-refractivity contribution < 1.29 is 18.8 Å². The van der Waals surface area contributed by atoms with Crippen LogP contribution >= 0.6 is 0 Å². The Hall–Kier alpha value is -2.45. The van der Waals surface area contributed by atoms with E-state index in [1.165, 1.54) is 5.56 Å². The number of nitrogens with zero attached hydrogens (tertiary/aromatic N) is 4. The predicted octanol–water partition coefficient (Wildman–Crippen LogP) is 3.57. The number of hydrogen-bond donors (Lipinski definition) is 0. The Labute approximate surface area is 178 Å². The number of aromatic nitrogens is 2. The van der Waals surface area contributed by atoms with E-state index in [1.807, 2.05) is 20.8 Å². The Morgan fingerprint density at radius 1 is 1.23 bits per heavy atom.